The number of carbonyl (C=O) groups is 1. The standard InChI is InChI=1S/C9H19NO3/c1-3-12-6-7-13-9(11)8(2)4-5-10/h8H,3-7,10H2,1-2H3. The second kappa shape index (κ2) is 8.01. The third-order valence-electron chi connectivity index (χ3n) is 1.68. The fourth-order valence-corrected chi connectivity index (χ4v) is 0.856. The molecule has 1 atom stereocenters. The number of carbonyl (C=O) groups excluding carboxylic acids is 1. The molecule has 0 heterocycles. The van der Waals surface area contributed by atoms with Gasteiger partial charge in [-0.15, -0.1) is 0 Å². The predicted molar refractivity (Wildman–Crippen MR) is 50.3 cm³/mol. The summed E-state index contributed by atoms with van der Waals surface area (Å²) >= 11 is 0. The predicted octanol–water partition coefficient (Wildman–Crippen LogP) is 0.551. The van der Waals surface area contributed by atoms with Gasteiger partial charge in [-0.1, -0.05) is 6.92 Å². The first kappa shape index (κ1) is 12.4. The molecule has 0 rings (SSSR count). The molecule has 0 aliphatic carbocycles. The van der Waals surface area contributed by atoms with E-state index in [2.05, 4.69) is 0 Å². The van der Waals surface area contributed by atoms with E-state index >= 15 is 0 Å². The molecule has 0 saturated carbocycles. The number of hydrogen-bond acceptors (Lipinski definition) is 4. The van der Waals surface area contributed by atoms with Gasteiger partial charge in [-0.2, -0.15) is 0 Å². The lowest BCUT2D eigenvalue weighted by Gasteiger charge is -2.09. The van der Waals surface area contributed by atoms with Crippen molar-refractivity contribution in [3.05, 3.63) is 0 Å². The average molecular weight is 189 g/mol. The first-order valence-corrected chi connectivity index (χ1v) is 4.66. The van der Waals surface area contributed by atoms with Gasteiger partial charge >= 0.3 is 5.97 Å². The van der Waals surface area contributed by atoms with E-state index in [0.29, 0.717) is 32.8 Å². The zero-order valence-corrected chi connectivity index (χ0v) is 8.41. The molecule has 0 bridgehead atoms. The summed E-state index contributed by atoms with van der Waals surface area (Å²) in [5.74, 6) is -0.295. The van der Waals surface area contributed by atoms with E-state index in [9.17, 15) is 4.79 Å². The van der Waals surface area contributed by atoms with Crippen LogP contribution in [0.1, 0.15) is 20.3 Å². The SMILES string of the molecule is CCOCCOC(=O)C(C)CCN. The Kier molecular flexibility index (Phi) is 7.63. The molecule has 0 radical (unpaired) electrons. The van der Waals surface area contributed by atoms with Crippen molar-refractivity contribution in [3.63, 3.8) is 0 Å². The molecule has 78 valence electrons. The molecule has 4 heteroatoms. The topological polar surface area (TPSA) is 61.5 Å². The van der Waals surface area contributed by atoms with Crippen LogP contribution in [0.2, 0.25) is 0 Å². The second-order valence-electron chi connectivity index (χ2n) is 2.84. The van der Waals surface area contributed by atoms with Gasteiger partial charge < -0.3 is 15.2 Å². The van der Waals surface area contributed by atoms with Crippen molar-refractivity contribution in [1.29, 1.82) is 0 Å². The quantitative estimate of drug-likeness (QED) is 0.469. The molecule has 0 saturated heterocycles. The third kappa shape index (κ3) is 6.54. The number of esters is 1. The molecule has 1 unspecified atom stereocenters. The summed E-state index contributed by atoms with van der Waals surface area (Å²) in [5.41, 5.74) is 5.31. The van der Waals surface area contributed by atoms with Gasteiger partial charge in [0, 0.05) is 6.61 Å². The van der Waals surface area contributed by atoms with Gasteiger partial charge in [0.1, 0.15) is 6.61 Å². The average Bonchev–Trinajstić information content (AvgIpc) is 2.12. The van der Waals surface area contributed by atoms with E-state index < -0.39 is 0 Å². The monoisotopic (exact) mass is 189 g/mol. The van der Waals surface area contributed by atoms with Crippen LogP contribution in [-0.2, 0) is 14.3 Å². The van der Waals surface area contributed by atoms with Crippen LogP contribution in [0.5, 0.6) is 0 Å². The molecule has 13 heavy (non-hydrogen) atoms. The number of hydrogen-bond donors (Lipinski definition) is 1. The normalized spacial score (nSPS) is 12.5. The molecule has 2 N–H and O–H groups in total. The summed E-state index contributed by atoms with van der Waals surface area (Å²) in [5, 5.41) is 0. The Hall–Kier alpha value is -0.610. The summed E-state index contributed by atoms with van der Waals surface area (Å²) in [7, 11) is 0. The van der Waals surface area contributed by atoms with E-state index in [-0.39, 0.29) is 11.9 Å². The first-order chi connectivity index (χ1) is 6.22. The Morgan fingerprint density at radius 3 is 2.69 bits per heavy atom. The lowest BCUT2D eigenvalue weighted by Crippen LogP contribution is -2.20. The third-order valence-corrected chi connectivity index (χ3v) is 1.68. The fraction of sp³-hybridized carbons (Fsp3) is 0.889. The summed E-state index contributed by atoms with van der Waals surface area (Å²) in [6, 6.07) is 0. The summed E-state index contributed by atoms with van der Waals surface area (Å²) in [4.78, 5) is 11.2. The molecule has 0 aliphatic heterocycles. The van der Waals surface area contributed by atoms with Gasteiger partial charge in [-0.05, 0) is 19.9 Å². The number of rotatable bonds is 7. The molecule has 0 aliphatic rings. The van der Waals surface area contributed by atoms with Crippen molar-refractivity contribution in [2.45, 2.75) is 20.3 Å². The van der Waals surface area contributed by atoms with E-state index in [1.165, 1.54) is 0 Å². The van der Waals surface area contributed by atoms with Crippen LogP contribution in [0.3, 0.4) is 0 Å². The molecule has 0 aromatic carbocycles. The maximum Gasteiger partial charge on any atom is 0.308 e. The highest BCUT2D eigenvalue weighted by Crippen LogP contribution is 2.02. The van der Waals surface area contributed by atoms with Crippen molar-refractivity contribution >= 4 is 5.97 Å². The minimum atomic E-state index is -0.190. The van der Waals surface area contributed by atoms with Gasteiger partial charge in [0.15, 0.2) is 0 Å². The second-order valence-corrected chi connectivity index (χ2v) is 2.84. The van der Waals surface area contributed by atoms with Gasteiger partial charge in [-0.25, -0.2) is 0 Å². The molecule has 0 aromatic rings. The first-order valence-electron chi connectivity index (χ1n) is 4.66. The zero-order chi connectivity index (χ0) is 10.1. The maximum atomic E-state index is 11.2. The van der Waals surface area contributed by atoms with E-state index in [1.807, 2.05) is 13.8 Å². The molecule has 0 spiro atoms. The van der Waals surface area contributed by atoms with E-state index in [1.54, 1.807) is 0 Å². The Balaban J connectivity index is 3.38. The minimum Gasteiger partial charge on any atom is -0.463 e. The number of nitrogens with two attached hydrogens (primary N) is 1. The highest BCUT2D eigenvalue weighted by molar-refractivity contribution is 5.71. The smallest absolute Gasteiger partial charge is 0.308 e. The maximum absolute atomic E-state index is 11.2. The van der Waals surface area contributed by atoms with Gasteiger partial charge in [0.25, 0.3) is 0 Å². The Morgan fingerprint density at radius 2 is 2.15 bits per heavy atom. The van der Waals surface area contributed by atoms with Crippen LogP contribution in [-0.4, -0.2) is 32.3 Å². The van der Waals surface area contributed by atoms with Crippen molar-refractivity contribution in [1.82, 2.24) is 0 Å². The summed E-state index contributed by atoms with van der Waals surface area (Å²) in [6.45, 7) is 5.69. The van der Waals surface area contributed by atoms with Crippen molar-refractivity contribution in [3.8, 4) is 0 Å². The summed E-state index contributed by atoms with van der Waals surface area (Å²) in [6.07, 6.45) is 0.674. The molecular weight excluding hydrogens is 170 g/mol. The van der Waals surface area contributed by atoms with Crippen LogP contribution >= 0.6 is 0 Å². The van der Waals surface area contributed by atoms with Gasteiger partial charge in [-0.3, -0.25) is 4.79 Å². The van der Waals surface area contributed by atoms with Crippen molar-refractivity contribution < 1.29 is 14.3 Å². The van der Waals surface area contributed by atoms with Crippen molar-refractivity contribution in [2.75, 3.05) is 26.4 Å². The minimum absolute atomic E-state index is 0.105. The lowest BCUT2D eigenvalue weighted by molar-refractivity contribution is -0.149. The molecule has 0 aromatic heterocycles. The Labute approximate surface area is 79.4 Å². The number of ether oxygens (including phenoxy) is 2. The van der Waals surface area contributed by atoms with Crippen LogP contribution in [0, 0.1) is 5.92 Å². The Bertz CT molecular complexity index is 139. The van der Waals surface area contributed by atoms with Crippen LogP contribution in [0.15, 0.2) is 0 Å². The van der Waals surface area contributed by atoms with Gasteiger partial charge in [0.2, 0.25) is 0 Å². The lowest BCUT2D eigenvalue weighted by atomic mass is 10.1. The van der Waals surface area contributed by atoms with Crippen molar-refractivity contribution in [2.24, 2.45) is 11.7 Å². The van der Waals surface area contributed by atoms with Crippen LogP contribution in [0.25, 0.3) is 0 Å². The van der Waals surface area contributed by atoms with Gasteiger partial charge in [0.05, 0.1) is 12.5 Å². The van der Waals surface area contributed by atoms with E-state index in [0.717, 1.165) is 0 Å². The Morgan fingerprint density at radius 1 is 1.46 bits per heavy atom. The van der Waals surface area contributed by atoms with Crippen LogP contribution < -0.4 is 5.73 Å². The molecule has 0 fully saturated rings. The summed E-state index contributed by atoms with van der Waals surface area (Å²) < 4.78 is 9.96. The largest absolute Gasteiger partial charge is 0.463 e. The fourth-order valence-electron chi connectivity index (χ4n) is 0.856. The highest BCUT2D eigenvalue weighted by Gasteiger charge is 2.12. The molecule has 0 amide bonds. The highest BCUT2D eigenvalue weighted by atomic mass is 16.6. The zero-order valence-electron chi connectivity index (χ0n) is 8.41. The van der Waals surface area contributed by atoms with Crippen LogP contribution in [0.4, 0.5) is 0 Å². The molecular formula is C9H19NO3. The molecule has 4 nitrogen and oxygen atoms in total. The van der Waals surface area contributed by atoms with E-state index in [4.69, 9.17) is 15.2 Å².